The van der Waals surface area contributed by atoms with Crippen LogP contribution in [-0.4, -0.2) is 20.7 Å². The van der Waals surface area contributed by atoms with Crippen molar-refractivity contribution < 1.29 is 9.16 Å². The first-order valence-corrected chi connectivity index (χ1v) is 9.79. The summed E-state index contributed by atoms with van der Waals surface area (Å²) in [5.74, 6) is 0.388. The molecular formula is C13H26O2Si. The summed E-state index contributed by atoms with van der Waals surface area (Å²) in [6, 6.07) is 0. The van der Waals surface area contributed by atoms with Gasteiger partial charge in [-0.2, -0.15) is 0 Å². The van der Waals surface area contributed by atoms with Crippen LogP contribution in [0.4, 0.5) is 0 Å². The van der Waals surface area contributed by atoms with E-state index in [9.17, 15) is 0 Å². The molecular weight excluding hydrogens is 216 g/mol. The smallest absolute Gasteiger partial charge is 0.187 e. The van der Waals surface area contributed by atoms with Crippen molar-refractivity contribution in [2.75, 3.05) is 6.61 Å². The number of allylic oxidation sites excluding steroid dienone is 1. The lowest BCUT2D eigenvalue weighted by Crippen LogP contribution is -2.36. The van der Waals surface area contributed by atoms with E-state index < -0.39 is 8.32 Å². The third-order valence-corrected chi connectivity index (χ3v) is 3.78. The van der Waals surface area contributed by atoms with Gasteiger partial charge in [-0.25, -0.2) is 0 Å². The van der Waals surface area contributed by atoms with E-state index in [-0.39, 0.29) is 5.79 Å². The second kappa shape index (κ2) is 5.47. The lowest BCUT2D eigenvalue weighted by Gasteiger charge is -2.27. The minimum Gasteiger partial charge on any atom is -0.391 e. The average Bonchev–Trinajstić information content (AvgIpc) is 2.76. The second-order valence-electron chi connectivity index (χ2n) is 5.58. The van der Waals surface area contributed by atoms with E-state index in [1.807, 2.05) is 6.08 Å². The molecule has 94 valence electrons. The predicted molar refractivity (Wildman–Crippen MR) is 70.9 cm³/mol. The first-order valence-electron chi connectivity index (χ1n) is 6.38. The Balaban J connectivity index is 2.42. The van der Waals surface area contributed by atoms with E-state index in [2.05, 4.69) is 33.1 Å². The van der Waals surface area contributed by atoms with Crippen LogP contribution in [0.2, 0.25) is 19.6 Å². The van der Waals surface area contributed by atoms with E-state index in [0.717, 1.165) is 19.4 Å². The predicted octanol–water partition coefficient (Wildman–Crippen LogP) is 3.95. The van der Waals surface area contributed by atoms with Gasteiger partial charge in [0.1, 0.15) is 0 Å². The largest absolute Gasteiger partial charge is 0.391 e. The summed E-state index contributed by atoms with van der Waals surface area (Å²) < 4.78 is 12.1. The molecule has 0 aromatic heterocycles. The SMILES string of the molecule is C=CCCCC1CC1(OCC)O[Si](C)(C)C. The molecule has 0 aliphatic heterocycles. The molecule has 1 aliphatic rings. The fourth-order valence-electron chi connectivity index (χ4n) is 2.21. The summed E-state index contributed by atoms with van der Waals surface area (Å²) in [5, 5.41) is 0. The van der Waals surface area contributed by atoms with Crippen LogP contribution < -0.4 is 0 Å². The highest BCUT2D eigenvalue weighted by atomic mass is 28.4. The molecule has 0 radical (unpaired) electrons. The lowest BCUT2D eigenvalue weighted by molar-refractivity contribution is -0.119. The number of ether oxygens (including phenoxy) is 1. The van der Waals surface area contributed by atoms with Crippen LogP contribution in [0.15, 0.2) is 12.7 Å². The van der Waals surface area contributed by atoms with Crippen molar-refractivity contribution in [2.24, 2.45) is 5.92 Å². The van der Waals surface area contributed by atoms with Crippen LogP contribution in [0.25, 0.3) is 0 Å². The first-order chi connectivity index (χ1) is 7.43. The van der Waals surface area contributed by atoms with Crippen molar-refractivity contribution >= 4 is 8.32 Å². The van der Waals surface area contributed by atoms with Crippen molar-refractivity contribution in [2.45, 2.75) is 58.0 Å². The molecule has 0 aromatic rings. The van der Waals surface area contributed by atoms with Gasteiger partial charge in [-0.3, -0.25) is 0 Å². The van der Waals surface area contributed by atoms with E-state index >= 15 is 0 Å². The highest BCUT2D eigenvalue weighted by molar-refractivity contribution is 6.69. The zero-order chi connectivity index (χ0) is 12.2. The van der Waals surface area contributed by atoms with Crippen molar-refractivity contribution in [3.63, 3.8) is 0 Å². The van der Waals surface area contributed by atoms with Gasteiger partial charge in [-0.05, 0) is 45.8 Å². The Morgan fingerprint density at radius 1 is 1.44 bits per heavy atom. The number of rotatable bonds is 8. The number of unbranched alkanes of at least 4 members (excludes halogenated alkanes) is 1. The molecule has 2 atom stereocenters. The Labute approximate surface area is 101 Å². The van der Waals surface area contributed by atoms with Gasteiger partial charge in [0.15, 0.2) is 14.1 Å². The van der Waals surface area contributed by atoms with Gasteiger partial charge < -0.3 is 9.16 Å². The molecule has 3 heteroatoms. The van der Waals surface area contributed by atoms with E-state index in [1.165, 1.54) is 12.8 Å². The zero-order valence-corrected chi connectivity index (χ0v) is 12.2. The summed E-state index contributed by atoms with van der Waals surface area (Å²) >= 11 is 0. The number of hydrogen-bond donors (Lipinski definition) is 0. The molecule has 1 aliphatic carbocycles. The molecule has 1 saturated carbocycles. The van der Waals surface area contributed by atoms with E-state index in [4.69, 9.17) is 9.16 Å². The van der Waals surface area contributed by atoms with Crippen LogP contribution >= 0.6 is 0 Å². The van der Waals surface area contributed by atoms with Gasteiger partial charge in [0.2, 0.25) is 0 Å². The van der Waals surface area contributed by atoms with Gasteiger partial charge >= 0.3 is 0 Å². The second-order valence-corrected chi connectivity index (χ2v) is 10.0. The highest BCUT2D eigenvalue weighted by Gasteiger charge is 2.57. The molecule has 0 amide bonds. The fourth-order valence-corrected chi connectivity index (χ4v) is 3.55. The van der Waals surface area contributed by atoms with E-state index in [0.29, 0.717) is 5.92 Å². The van der Waals surface area contributed by atoms with Crippen LogP contribution in [0.5, 0.6) is 0 Å². The topological polar surface area (TPSA) is 18.5 Å². The van der Waals surface area contributed by atoms with Gasteiger partial charge in [-0.15, -0.1) is 6.58 Å². The molecule has 2 unspecified atom stereocenters. The maximum Gasteiger partial charge on any atom is 0.187 e. The first kappa shape index (κ1) is 13.9. The maximum absolute atomic E-state index is 6.21. The maximum atomic E-state index is 6.21. The monoisotopic (exact) mass is 242 g/mol. The molecule has 1 rings (SSSR count). The van der Waals surface area contributed by atoms with Gasteiger partial charge in [0.05, 0.1) is 0 Å². The van der Waals surface area contributed by atoms with Gasteiger partial charge in [0, 0.05) is 18.9 Å². The zero-order valence-electron chi connectivity index (χ0n) is 11.2. The average molecular weight is 242 g/mol. The molecule has 0 saturated heterocycles. The molecule has 1 fully saturated rings. The van der Waals surface area contributed by atoms with Crippen LogP contribution in [0.3, 0.4) is 0 Å². The summed E-state index contributed by atoms with van der Waals surface area (Å²) in [5.41, 5.74) is 0. The third kappa shape index (κ3) is 4.04. The molecule has 2 nitrogen and oxygen atoms in total. The van der Waals surface area contributed by atoms with Crippen LogP contribution in [0, 0.1) is 5.92 Å². The normalized spacial score (nSPS) is 29.1. The summed E-state index contributed by atoms with van der Waals surface area (Å²) in [6.07, 6.45) is 6.59. The lowest BCUT2D eigenvalue weighted by atomic mass is 10.2. The summed E-state index contributed by atoms with van der Waals surface area (Å²) in [4.78, 5) is 0. The van der Waals surface area contributed by atoms with Crippen molar-refractivity contribution in [1.82, 2.24) is 0 Å². The Bertz CT molecular complexity index is 235. The quantitative estimate of drug-likeness (QED) is 0.278. The fraction of sp³-hybridized carbons (Fsp3) is 0.846. The van der Waals surface area contributed by atoms with Gasteiger partial charge in [-0.1, -0.05) is 6.08 Å². The van der Waals surface area contributed by atoms with Crippen molar-refractivity contribution in [3.8, 4) is 0 Å². The summed E-state index contributed by atoms with van der Waals surface area (Å²) in [6.45, 7) is 13.2. The molecule has 0 N–H and O–H groups in total. The van der Waals surface area contributed by atoms with Crippen LogP contribution in [-0.2, 0) is 9.16 Å². The Morgan fingerprint density at radius 2 is 2.12 bits per heavy atom. The highest BCUT2D eigenvalue weighted by Crippen LogP contribution is 2.52. The number of hydrogen-bond acceptors (Lipinski definition) is 2. The summed E-state index contributed by atoms with van der Waals surface area (Å²) in [7, 11) is -1.50. The molecule has 16 heavy (non-hydrogen) atoms. The molecule has 0 heterocycles. The standard InChI is InChI=1S/C13H26O2Si/c1-6-8-9-10-12-11-13(12,14-7-2)15-16(3,4)5/h6,12H,1,7-11H2,2-5H3. The van der Waals surface area contributed by atoms with Crippen LogP contribution in [0.1, 0.15) is 32.6 Å². The molecule has 0 spiro atoms. The molecule has 0 bridgehead atoms. The molecule has 0 aromatic carbocycles. The van der Waals surface area contributed by atoms with Crippen molar-refractivity contribution in [3.05, 3.63) is 12.7 Å². The van der Waals surface area contributed by atoms with E-state index in [1.54, 1.807) is 0 Å². The third-order valence-electron chi connectivity index (χ3n) is 2.82. The Morgan fingerprint density at radius 3 is 2.62 bits per heavy atom. The Hall–Kier alpha value is -0.123. The minimum atomic E-state index is -1.50. The van der Waals surface area contributed by atoms with Crippen molar-refractivity contribution in [1.29, 1.82) is 0 Å². The van der Waals surface area contributed by atoms with Gasteiger partial charge in [0.25, 0.3) is 0 Å². The minimum absolute atomic E-state index is 0.222. The Kier molecular flexibility index (Phi) is 4.77.